The number of aromatic nitrogens is 3. The second-order valence-corrected chi connectivity index (χ2v) is 11.1. The summed E-state index contributed by atoms with van der Waals surface area (Å²) in [6.45, 7) is 0. The summed E-state index contributed by atoms with van der Waals surface area (Å²) in [5, 5.41) is 5.46. The number of nitrogens with two attached hydrogens (primary N) is 1. The van der Waals surface area contributed by atoms with Crippen molar-refractivity contribution in [3.8, 4) is 33.0 Å². The SMILES string of the molecule is CSc1nccc(-c2sc(Br)nc2-c2cccc(-c3ccc(F)c(S(N)(=O)=O)c3F)c2F)n1. The quantitative estimate of drug-likeness (QED) is 0.251. The van der Waals surface area contributed by atoms with Gasteiger partial charge in [0.1, 0.15) is 11.6 Å². The topological polar surface area (TPSA) is 98.8 Å². The predicted molar refractivity (Wildman–Crippen MR) is 125 cm³/mol. The van der Waals surface area contributed by atoms with Crippen LogP contribution in [-0.2, 0) is 10.0 Å². The Morgan fingerprint density at radius 3 is 2.39 bits per heavy atom. The largest absolute Gasteiger partial charge is 0.243 e. The molecule has 170 valence electrons. The molecule has 0 spiro atoms. The van der Waals surface area contributed by atoms with Crippen LogP contribution in [0.15, 0.2) is 56.6 Å². The Labute approximate surface area is 203 Å². The van der Waals surface area contributed by atoms with E-state index in [9.17, 15) is 17.2 Å². The van der Waals surface area contributed by atoms with Crippen LogP contribution in [0.1, 0.15) is 0 Å². The van der Waals surface area contributed by atoms with Crippen LogP contribution in [0, 0.1) is 17.5 Å². The molecule has 0 fully saturated rings. The lowest BCUT2D eigenvalue weighted by Gasteiger charge is -2.12. The standard InChI is InChI=1S/C20H12BrF3N4O2S3/c1-31-20-26-8-7-13(27-20)17-16(28-19(21)32-17)11-4-2-3-9(14(11)23)10-5-6-12(22)18(15(10)24)33(25,29)30/h2-8H,1H3,(H2,25,29,30). The molecule has 6 nitrogen and oxygen atoms in total. The first-order chi connectivity index (χ1) is 15.6. The van der Waals surface area contributed by atoms with Crippen molar-refractivity contribution < 1.29 is 21.6 Å². The average Bonchev–Trinajstić information content (AvgIpc) is 3.15. The highest BCUT2D eigenvalue weighted by molar-refractivity contribution is 9.11. The van der Waals surface area contributed by atoms with Gasteiger partial charge in [0.05, 0.1) is 16.3 Å². The molecular weight excluding hydrogens is 561 g/mol. The van der Waals surface area contributed by atoms with Crippen LogP contribution in [-0.4, -0.2) is 29.6 Å². The Hall–Kier alpha value is -2.32. The number of benzene rings is 2. The van der Waals surface area contributed by atoms with Crippen LogP contribution in [0.5, 0.6) is 0 Å². The third kappa shape index (κ3) is 4.55. The third-order valence-corrected chi connectivity index (χ3v) is 7.56. The zero-order valence-electron chi connectivity index (χ0n) is 16.5. The van der Waals surface area contributed by atoms with Crippen LogP contribution in [0.4, 0.5) is 13.2 Å². The van der Waals surface area contributed by atoms with Gasteiger partial charge in [0, 0.05) is 22.9 Å². The minimum atomic E-state index is -4.72. The lowest BCUT2D eigenvalue weighted by Crippen LogP contribution is -2.16. The van der Waals surface area contributed by atoms with E-state index in [0.29, 0.717) is 19.6 Å². The van der Waals surface area contributed by atoms with Gasteiger partial charge in [-0.1, -0.05) is 23.9 Å². The highest BCUT2D eigenvalue weighted by Crippen LogP contribution is 2.41. The minimum Gasteiger partial charge on any atom is -0.231 e. The van der Waals surface area contributed by atoms with E-state index in [2.05, 4.69) is 30.9 Å². The fourth-order valence-corrected chi connectivity index (χ4v) is 5.63. The maximum atomic E-state index is 15.7. The zero-order valence-corrected chi connectivity index (χ0v) is 20.5. The number of hydrogen-bond donors (Lipinski definition) is 1. The van der Waals surface area contributed by atoms with Crippen molar-refractivity contribution in [1.29, 1.82) is 0 Å². The zero-order chi connectivity index (χ0) is 23.9. The van der Waals surface area contributed by atoms with Crippen molar-refractivity contribution in [2.45, 2.75) is 10.1 Å². The molecule has 2 N–H and O–H groups in total. The molecule has 0 saturated heterocycles. The summed E-state index contributed by atoms with van der Waals surface area (Å²) in [7, 11) is -4.72. The fraction of sp³-hybridized carbons (Fsp3) is 0.0500. The van der Waals surface area contributed by atoms with Crippen LogP contribution in [0.3, 0.4) is 0 Å². The van der Waals surface area contributed by atoms with Crippen LogP contribution in [0.25, 0.3) is 33.0 Å². The lowest BCUT2D eigenvalue weighted by atomic mass is 9.99. The molecule has 0 aliphatic heterocycles. The fourth-order valence-electron chi connectivity index (χ4n) is 3.14. The number of thiazole rings is 1. The van der Waals surface area contributed by atoms with Gasteiger partial charge in [-0.05, 0) is 46.5 Å². The monoisotopic (exact) mass is 572 g/mol. The molecule has 2 aromatic heterocycles. The highest BCUT2D eigenvalue weighted by Gasteiger charge is 2.26. The Bertz CT molecular complexity index is 1500. The first-order valence-corrected chi connectivity index (χ1v) is 13.3. The summed E-state index contributed by atoms with van der Waals surface area (Å²) in [6.07, 6.45) is 3.39. The third-order valence-electron chi connectivity index (χ3n) is 4.53. The van der Waals surface area contributed by atoms with Gasteiger partial charge in [0.15, 0.2) is 19.8 Å². The molecule has 0 bridgehead atoms. The van der Waals surface area contributed by atoms with Gasteiger partial charge in [-0.25, -0.2) is 41.7 Å². The molecule has 13 heteroatoms. The first-order valence-electron chi connectivity index (χ1n) is 8.95. The number of hydrogen-bond acceptors (Lipinski definition) is 7. The van der Waals surface area contributed by atoms with E-state index >= 15 is 4.39 Å². The summed E-state index contributed by atoms with van der Waals surface area (Å²) in [5.74, 6) is -3.72. The van der Waals surface area contributed by atoms with Crippen molar-refractivity contribution >= 4 is 49.1 Å². The number of primary sulfonamides is 1. The molecule has 0 aliphatic carbocycles. The molecule has 0 amide bonds. The molecule has 0 saturated carbocycles. The van der Waals surface area contributed by atoms with Crippen LogP contribution >= 0.6 is 39.0 Å². The van der Waals surface area contributed by atoms with E-state index in [-0.39, 0.29) is 16.8 Å². The van der Waals surface area contributed by atoms with E-state index in [4.69, 9.17) is 5.14 Å². The number of sulfonamides is 1. The predicted octanol–water partition coefficient (Wildman–Crippen LogP) is 5.48. The molecule has 33 heavy (non-hydrogen) atoms. The van der Waals surface area contributed by atoms with Crippen LogP contribution < -0.4 is 5.14 Å². The van der Waals surface area contributed by atoms with E-state index in [1.54, 1.807) is 12.3 Å². The average molecular weight is 573 g/mol. The van der Waals surface area contributed by atoms with Crippen molar-refractivity contribution in [3.63, 3.8) is 0 Å². The Morgan fingerprint density at radius 2 is 1.70 bits per heavy atom. The summed E-state index contributed by atoms with van der Waals surface area (Å²) in [4.78, 5) is 12.1. The maximum absolute atomic E-state index is 15.7. The Balaban J connectivity index is 1.93. The number of halogens is 4. The van der Waals surface area contributed by atoms with Gasteiger partial charge < -0.3 is 0 Å². The van der Waals surface area contributed by atoms with E-state index in [1.165, 1.54) is 41.3 Å². The Morgan fingerprint density at radius 1 is 1.00 bits per heavy atom. The van der Waals surface area contributed by atoms with Gasteiger partial charge in [0.25, 0.3) is 0 Å². The van der Waals surface area contributed by atoms with Gasteiger partial charge in [-0.15, -0.1) is 11.3 Å². The van der Waals surface area contributed by atoms with Gasteiger partial charge in [-0.2, -0.15) is 0 Å². The number of rotatable bonds is 5. The normalized spacial score (nSPS) is 11.7. The molecule has 4 rings (SSSR count). The second kappa shape index (κ2) is 9.14. The second-order valence-electron chi connectivity index (χ2n) is 6.52. The molecule has 4 aromatic rings. The first kappa shape index (κ1) is 23.8. The lowest BCUT2D eigenvalue weighted by molar-refractivity contribution is 0.521. The summed E-state index contributed by atoms with van der Waals surface area (Å²) in [5.41, 5.74) is 0.0439. The molecular formula is C20H12BrF3N4O2S3. The molecule has 2 aromatic carbocycles. The molecule has 0 aliphatic rings. The maximum Gasteiger partial charge on any atom is 0.243 e. The van der Waals surface area contributed by atoms with E-state index in [1.807, 2.05) is 6.26 Å². The molecule has 0 unspecified atom stereocenters. The molecule has 0 radical (unpaired) electrons. The van der Waals surface area contributed by atoms with E-state index in [0.717, 1.165) is 12.1 Å². The van der Waals surface area contributed by atoms with Crippen molar-refractivity contribution in [2.75, 3.05) is 6.26 Å². The summed E-state index contributed by atoms with van der Waals surface area (Å²) in [6, 6.07) is 7.48. The van der Waals surface area contributed by atoms with Gasteiger partial charge in [0.2, 0.25) is 10.0 Å². The number of thioether (sulfide) groups is 1. The van der Waals surface area contributed by atoms with Crippen molar-refractivity contribution in [3.05, 3.63) is 64.0 Å². The smallest absolute Gasteiger partial charge is 0.231 e. The van der Waals surface area contributed by atoms with Crippen molar-refractivity contribution in [1.82, 2.24) is 15.0 Å². The van der Waals surface area contributed by atoms with Gasteiger partial charge in [-0.3, -0.25) is 0 Å². The van der Waals surface area contributed by atoms with Crippen LogP contribution in [0.2, 0.25) is 0 Å². The van der Waals surface area contributed by atoms with E-state index < -0.39 is 37.9 Å². The van der Waals surface area contributed by atoms with Gasteiger partial charge >= 0.3 is 0 Å². The number of nitrogens with zero attached hydrogens (tertiary/aromatic N) is 3. The summed E-state index contributed by atoms with van der Waals surface area (Å²) < 4.78 is 68.4. The highest BCUT2D eigenvalue weighted by atomic mass is 79.9. The Kier molecular flexibility index (Phi) is 6.60. The summed E-state index contributed by atoms with van der Waals surface area (Å²) >= 11 is 5.87. The minimum absolute atomic E-state index is 0.0228. The molecule has 0 atom stereocenters. The molecule has 2 heterocycles. The van der Waals surface area contributed by atoms with Crippen molar-refractivity contribution in [2.24, 2.45) is 5.14 Å².